The fourth-order valence-electron chi connectivity index (χ4n) is 2.50. The van der Waals surface area contributed by atoms with E-state index in [9.17, 15) is 9.59 Å². The lowest BCUT2D eigenvalue weighted by molar-refractivity contribution is 0.103. The Bertz CT molecular complexity index is 1010. The number of nitrogens with one attached hydrogen (secondary N) is 1. The predicted octanol–water partition coefficient (Wildman–Crippen LogP) is 3.52. The monoisotopic (exact) mass is 365 g/mol. The Labute approximate surface area is 147 Å². The molecule has 0 bridgehead atoms. The quantitative estimate of drug-likeness (QED) is 0.719. The average molecular weight is 366 g/mol. The van der Waals surface area contributed by atoms with Crippen LogP contribution in [0.2, 0.25) is 10.0 Å². The normalized spacial score (nSPS) is 11.0. The van der Waals surface area contributed by atoms with Crippen molar-refractivity contribution < 1.29 is 9.32 Å². The fourth-order valence-corrected chi connectivity index (χ4v) is 2.99. The fraction of sp³-hybridized carbons (Fsp3) is 0.188. The molecule has 0 saturated heterocycles. The Hall–Kier alpha value is -2.31. The molecule has 0 aliphatic carbocycles. The van der Waals surface area contributed by atoms with Gasteiger partial charge in [0.2, 0.25) is 5.78 Å². The van der Waals surface area contributed by atoms with E-state index in [4.69, 9.17) is 27.7 Å². The van der Waals surface area contributed by atoms with Crippen LogP contribution in [0.15, 0.2) is 27.6 Å². The first-order chi connectivity index (χ1) is 11.3. The Morgan fingerprint density at radius 3 is 2.50 bits per heavy atom. The highest BCUT2D eigenvalue weighted by Crippen LogP contribution is 2.39. The van der Waals surface area contributed by atoms with E-state index in [-0.39, 0.29) is 21.2 Å². The van der Waals surface area contributed by atoms with Gasteiger partial charge in [0.25, 0.3) is 5.56 Å². The number of halogens is 2. The van der Waals surface area contributed by atoms with Crippen LogP contribution in [0.5, 0.6) is 0 Å². The SMILES string of the molecule is Cc1cc(-c2c(C)c(C(=O)c3c[nH]n(C)c3=O)cc(Cl)c2Cl)on1. The molecule has 3 rings (SSSR count). The standard InChI is InChI=1S/C16H13Cl2N3O3/c1-7-4-12(24-20-7)13-8(2)9(5-11(17)14(13)18)15(22)10-6-19-21(3)16(10)23/h4-6,19H,1-3H3. The lowest BCUT2D eigenvalue weighted by atomic mass is 9.95. The number of rotatable bonds is 3. The molecule has 1 N–H and O–H groups in total. The highest BCUT2D eigenvalue weighted by Gasteiger charge is 2.24. The summed E-state index contributed by atoms with van der Waals surface area (Å²) in [6.45, 7) is 3.50. The van der Waals surface area contributed by atoms with Gasteiger partial charge in [-0.1, -0.05) is 28.4 Å². The molecular weight excluding hydrogens is 353 g/mol. The molecule has 0 fully saturated rings. The van der Waals surface area contributed by atoms with E-state index in [1.165, 1.54) is 24.0 Å². The van der Waals surface area contributed by atoms with E-state index < -0.39 is 11.3 Å². The van der Waals surface area contributed by atoms with Gasteiger partial charge in [0.05, 0.1) is 15.7 Å². The molecule has 6 nitrogen and oxygen atoms in total. The zero-order valence-electron chi connectivity index (χ0n) is 13.1. The van der Waals surface area contributed by atoms with Gasteiger partial charge in [-0.25, -0.2) is 0 Å². The average Bonchev–Trinajstić information content (AvgIpc) is 3.10. The van der Waals surface area contributed by atoms with Crippen molar-refractivity contribution >= 4 is 29.0 Å². The number of carbonyl (C=O) groups excluding carboxylic acids is 1. The Kier molecular flexibility index (Phi) is 4.11. The van der Waals surface area contributed by atoms with E-state index >= 15 is 0 Å². The molecule has 0 spiro atoms. The van der Waals surface area contributed by atoms with Crippen molar-refractivity contribution in [2.75, 3.05) is 0 Å². The number of nitrogens with zero attached hydrogens (tertiary/aromatic N) is 2. The van der Waals surface area contributed by atoms with Crippen LogP contribution >= 0.6 is 23.2 Å². The number of H-pyrrole nitrogens is 1. The van der Waals surface area contributed by atoms with Gasteiger partial charge in [-0.15, -0.1) is 0 Å². The second-order valence-corrected chi connectivity index (χ2v) is 6.22. The Balaban J connectivity index is 2.23. The van der Waals surface area contributed by atoms with Crippen LogP contribution in [-0.2, 0) is 7.05 Å². The van der Waals surface area contributed by atoms with Crippen molar-refractivity contribution in [3.05, 3.63) is 61.1 Å². The Morgan fingerprint density at radius 1 is 1.25 bits per heavy atom. The maximum absolute atomic E-state index is 12.8. The summed E-state index contributed by atoms with van der Waals surface area (Å²) in [6.07, 6.45) is 1.37. The molecule has 3 aromatic rings. The second-order valence-electron chi connectivity index (χ2n) is 5.43. The molecule has 0 radical (unpaired) electrons. The van der Waals surface area contributed by atoms with Crippen LogP contribution < -0.4 is 5.56 Å². The molecule has 1 aromatic carbocycles. The topological polar surface area (TPSA) is 80.9 Å². The number of hydrogen-bond acceptors (Lipinski definition) is 4. The molecule has 0 amide bonds. The van der Waals surface area contributed by atoms with Crippen LogP contribution in [-0.4, -0.2) is 20.7 Å². The molecule has 0 aliphatic rings. The van der Waals surface area contributed by atoms with Crippen molar-refractivity contribution in [1.29, 1.82) is 0 Å². The molecule has 0 atom stereocenters. The summed E-state index contributed by atoms with van der Waals surface area (Å²) >= 11 is 12.5. The van der Waals surface area contributed by atoms with Crippen molar-refractivity contribution in [3.8, 4) is 11.3 Å². The van der Waals surface area contributed by atoms with Crippen LogP contribution in [0, 0.1) is 13.8 Å². The first-order valence-corrected chi connectivity index (χ1v) is 7.78. The summed E-state index contributed by atoms with van der Waals surface area (Å²) in [4.78, 5) is 24.8. The third-order valence-electron chi connectivity index (χ3n) is 3.78. The number of benzene rings is 1. The third kappa shape index (κ3) is 2.57. The molecule has 124 valence electrons. The van der Waals surface area contributed by atoms with Crippen molar-refractivity contribution in [3.63, 3.8) is 0 Å². The number of carbonyl (C=O) groups is 1. The summed E-state index contributed by atoms with van der Waals surface area (Å²) in [7, 11) is 1.53. The van der Waals surface area contributed by atoms with Gasteiger partial charge in [-0.05, 0) is 25.5 Å². The van der Waals surface area contributed by atoms with Gasteiger partial charge in [0, 0.05) is 30.4 Å². The van der Waals surface area contributed by atoms with Crippen molar-refractivity contribution in [1.82, 2.24) is 14.9 Å². The molecule has 2 heterocycles. The van der Waals surface area contributed by atoms with Crippen LogP contribution in [0.3, 0.4) is 0 Å². The maximum Gasteiger partial charge on any atom is 0.277 e. The number of aromatic nitrogens is 3. The molecule has 24 heavy (non-hydrogen) atoms. The zero-order valence-corrected chi connectivity index (χ0v) is 14.6. The van der Waals surface area contributed by atoms with E-state index in [1.54, 1.807) is 19.9 Å². The van der Waals surface area contributed by atoms with Crippen molar-refractivity contribution in [2.45, 2.75) is 13.8 Å². The second kappa shape index (κ2) is 5.96. The minimum atomic E-state index is -0.439. The van der Waals surface area contributed by atoms with E-state index in [2.05, 4.69) is 10.3 Å². The van der Waals surface area contributed by atoms with Gasteiger partial charge in [-0.3, -0.25) is 14.3 Å². The first-order valence-electron chi connectivity index (χ1n) is 7.02. The summed E-state index contributed by atoms with van der Waals surface area (Å²) < 4.78 is 6.48. The molecule has 8 heteroatoms. The third-order valence-corrected chi connectivity index (χ3v) is 4.57. The Morgan fingerprint density at radius 2 is 1.96 bits per heavy atom. The lowest BCUT2D eigenvalue weighted by Gasteiger charge is -2.11. The molecule has 2 aromatic heterocycles. The minimum absolute atomic E-state index is 0.0266. The predicted molar refractivity (Wildman–Crippen MR) is 90.9 cm³/mol. The summed E-state index contributed by atoms with van der Waals surface area (Å²) in [6, 6.07) is 3.16. The van der Waals surface area contributed by atoms with E-state index in [0.717, 1.165) is 0 Å². The summed E-state index contributed by atoms with van der Waals surface area (Å²) in [5.41, 5.74) is 1.62. The number of aryl methyl sites for hydroxylation is 2. The number of ketones is 1. The number of hydrogen-bond donors (Lipinski definition) is 1. The zero-order chi connectivity index (χ0) is 17.6. The van der Waals surface area contributed by atoms with Crippen LogP contribution in [0.4, 0.5) is 0 Å². The van der Waals surface area contributed by atoms with Gasteiger partial charge >= 0.3 is 0 Å². The van der Waals surface area contributed by atoms with Crippen molar-refractivity contribution in [2.24, 2.45) is 7.05 Å². The summed E-state index contributed by atoms with van der Waals surface area (Å²) in [5.74, 6) is -0.0288. The molecular formula is C16H13Cl2N3O3. The highest BCUT2D eigenvalue weighted by molar-refractivity contribution is 6.44. The van der Waals surface area contributed by atoms with Gasteiger partial charge in [-0.2, -0.15) is 0 Å². The first kappa shape index (κ1) is 16.5. The molecule has 0 unspecified atom stereocenters. The maximum atomic E-state index is 12.8. The van der Waals surface area contributed by atoms with E-state index in [0.29, 0.717) is 22.6 Å². The van der Waals surface area contributed by atoms with Crippen LogP contribution in [0.1, 0.15) is 27.2 Å². The van der Waals surface area contributed by atoms with E-state index in [1.807, 2.05) is 0 Å². The lowest BCUT2D eigenvalue weighted by Crippen LogP contribution is -2.19. The minimum Gasteiger partial charge on any atom is -0.356 e. The van der Waals surface area contributed by atoms with Gasteiger partial charge < -0.3 is 9.62 Å². The number of aromatic amines is 1. The molecule has 0 saturated carbocycles. The largest absolute Gasteiger partial charge is 0.356 e. The molecule has 0 aliphatic heterocycles. The smallest absolute Gasteiger partial charge is 0.277 e. The summed E-state index contributed by atoms with van der Waals surface area (Å²) in [5, 5.41) is 6.98. The van der Waals surface area contributed by atoms with Gasteiger partial charge in [0.15, 0.2) is 5.76 Å². The highest BCUT2D eigenvalue weighted by atomic mass is 35.5. The van der Waals surface area contributed by atoms with Crippen LogP contribution in [0.25, 0.3) is 11.3 Å². The van der Waals surface area contributed by atoms with Gasteiger partial charge in [0.1, 0.15) is 5.56 Å².